The maximum Gasteiger partial charge on any atom is 0.315 e. The minimum Gasteiger partial charge on any atom is -0.398 e. The molecule has 0 bridgehead atoms. The van der Waals surface area contributed by atoms with Gasteiger partial charge in [0, 0.05) is 31.0 Å². The predicted octanol–water partition coefficient (Wildman–Crippen LogP) is 4.77. The van der Waals surface area contributed by atoms with E-state index in [1.807, 2.05) is 39.0 Å². The van der Waals surface area contributed by atoms with Gasteiger partial charge in [-0.1, -0.05) is 33.8 Å². The maximum absolute atomic E-state index is 12.2. The normalized spacial score (nSPS) is 13.4. The second kappa shape index (κ2) is 8.56. The highest BCUT2D eigenvalue weighted by molar-refractivity contribution is 5.85. The molecule has 5 N–H and O–H groups in total. The van der Waals surface area contributed by atoms with Crippen LogP contribution in [0.25, 0.3) is 0 Å². The number of amides is 2. The summed E-state index contributed by atoms with van der Waals surface area (Å²) in [4.78, 5) is 12.2. The molecular weight excluding hydrogens is 324 g/mol. The first-order valence-electron chi connectivity index (χ1n) is 9.31. The standard InChI is InChI=1S/C21H36N4O.H2/c1-14(2)10-17(15-8-9-18(23)16(11-15)12-22)21(6,7)13-24-19(26)25-20(3,4)5;/h8-9,11-12,14,17,22H,10,13,23H2,1-7H3,(H2,24,25,26);1H. The first-order valence-corrected chi connectivity index (χ1v) is 9.31. The lowest BCUT2D eigenvalue weighted by Gasteiger charge is -2.37. The van der Waals surface area contributed by atoms with Crippen LogP contribution in [0.15, 0.2) is 18.2 Å². The highest BCUT2D eigenvalue weighted by atomic mass is 16.2. The van der Waals surface area contributed by atoms with Gasteiger partial charge in [0.05, 0.1) is 0 Å². The minimum absolute atomic E-state index is 0. The molecule has 0 aliphatic heterocycles. The van der Waals surface area contributed by atoms with Crippen molar-refractivity contribution in [2.24, 2.45) is 11.3 Å². The maximum atomic E-state index is 12.2. The third-order valence-corrected chi connectivity index (χ3v) is 4.51. The van der Waals surface area contributed by atoms with Crippen molar-refractivity contribution in [3.05, 3.63) is 29.3 Å². The average molecular weight is 363 g/mol. The Hall–Kier alpha value is -2.04. The molecule has 1 unspecified atom stereocenters. The summed E-state index contributed by atoms with van der Waals surface area (Å²) >= 11 is 0. The van der Waals surface area contributed by atoms with E-state index < -0.39 is 0 Å². The monoisotopic (exact) mass is 362 g/mol. The quantitative estimate of drug-likeness (QED) is 0.416. The molecule has 148 valence electrons. The van der Waals surface area contributed by atoms with Gasteiger partial charge in [-0.3, -0.25) is 0 Å². The molecule has 0 saturated heterocycles. The van der Waals surface area contributed by atoms with Gasteiger partial charge < -0.3 is 21.8 Å². The van der Waals surface area contributed by atoms with E-state index in [2.05, 4.69) is 38.3 Å². The van der Waals surface area contributed by atoms with Crippen LogP contribution in [0.4, 0.5) is 10.5 Å². The molecule has 0 heterocycles. The fourth-order valence-corrected chi connectivity index (χ4v) is 3.13. The fourth-order valence-electron chi connectivity index (χ4n) is 3.13. The van der Waals surface area contributed by atoms with Crippen molar-refractivity contribution < 1.29 is 6.22 Å². The molecular formula is C21H38N4O. The van der Waals surface area contributed by atoms with Crippen molar-refractivity contribution >= 4 is 17.9 Å². The number of benzene rings is 1. The lowest BCUT2D eigenvalue weighted by Crippen LogP contribution is -2.49. The number of hydrogen-bond donors (Lipinski definition) is 4. The summed E-state index contributed by atoms with van der Waals surface area (Å²) in [5, 5.41) is 13.5. The Morgan fingerprint density at radius 3 is 2.38 bits per heavy atom. The zero-order valence-electron chi connectivity index (χ0n) is 17.4. The molecule has 0 aliphatic rings. The van der Waals surface area contributed by atoms with Gasteiger partial charge in [0.15, 0.2) is 0 Å². The molecule has 1 aromatic rings. The highest BCUT2D eigenvalue weighted by Gasteiger charge is 2.32. The predicted molar refractivity (Wildman–Crippen MR) is 113 cm³/mol. The van der Waals surface area contributed by atoms with Gasteiger partial charge in [0.2, 0.25) is 0 Å². The Morgan fingerprint density at radius 2 is 1.88 bits per heavy atom. The van der Waals surface area contributed by atoms with Crippen LogP contribution < -0.4 is 16.4 Å². The summed E-state index contributed by atoms with van der Waals surface area (Å²) in [5.41, 5.74) is 8.07. The van der Waals surface area contributed by atoms with Crippen molar-refractivity contribution in [3.63, 3.8) is 0 Å². The van der Waals surface area contributed by atoms with E-state index in [4.69, 9.17) is 11.1 Å². The number of carbonyl (C=O) groups excluding carboxylic acids is 1. The lowest BCUT2D eigenvalue weighted by atomic mass is 9.71. The van der Waals surface area contributed by atoms with E-state index in [0.717, 1.165) is 17.5 Å². The van der Waals surface area contributed by atoms with Crippen molar-refractivity contribution in [2.45, 2.75) is 66.3 Å². The summed E-state index contributed by atoms with van der Waals surface area (Å²) < 4.78 is 0. The fraction of sp³-hybridized carbons (Fsp3) is 0.619. The van der Waals surface area contributed by atoms with E-state index in [1.165, 1.54) is 6.21 Å². The van der Waals surface area contributed by atoms with Crippen LogP contribution in [0.1, 0.15) is 73.4 Å². The van der Waals surface area contributed by atoms with Crippen LogP contribution in [-0.2, 0) is 0 Å². The summed E-state index contributed by atoms with van der Waals surface area (Å²) in [6.45, 7) is 15.2. The molecule has 1 aromatic carbocycles. The molecule has 0 radical (unpaired) electrons. The summed E-state index contributed by atoms with van der Waals surface area (Å²) in [6, 6.07) is 5.78. The Bertz CT molecular complexity index is 636. The van der Waals surface area contributed by atoms with Crippen LogP contribution >= 0.6 is 0 Å². The number of nitrogens with one attached hydrogen (secondary N) is 3. The number of hydrogen-bond acceptors (Lipinski definition) is 3. The number of carbonyl (C=O) groups is 1. The molecule has 26 heavy (non-hydrogen) atoms. The third kappa shape index (κ3) is 6.70. The number of urea groups is 1. The number of nitrogen functional groups attached to an aromatic ring is 1. The molecule has 1 rings (SSSR count). The summed E-state index contributed by atoms with van der Waals surface area (Å²) in [5.74, 6) is 0.764. The average Bonchev–Trinajstić information content (AvgIpc) is 2.49. The van der Waals surface area contributed by atoms with E-state index in [1.54, 1.807) is 0 Å². The Labute approximate surface area is 160 Å². The minimum atomic E-state index is -0.263. The van der Waals surface area contributed by atoms with Gasteiger partial charge in [-0.15, -0.1) is 0 Å². The molecule has 0 aromatic heterocycles. The van der Waals surface area contributed by atoms with Crippen LogP contribution in [0, 0.1) is 16.7 Å². The molecule has 0 spiro atoms. The van der Waals surface area contributed by atoms with Crippen LogP contribution in [0.5, 0.6) is 0 Å². The topological polar surface area (TPSA) is 91.0 Å². The Kier molecular flexibility index (Phi) is 7.25. The van der Waals surface area contributed by atoms with Crippen molar-refractivity contribution in [1.82, 2.24) is 10.6 Å². The first kappa shape index (κ1) is 22.0. The molecule has 5 heteroatoms. The molecule has 1 atom stereocenters. The molecule has 5 nitrogen and oxygen atoms in total. The smallest absolute Gasteiger partial charge is 0.315 e. The summed E-state index contributed by atoms with van der Waals surface area (Å²) in [7, 11) is 0. The van der Waals surface area contributed by atoms with Gasteiger partial charge in [0.25, 0.3) is 0 Å². The van der Waals surface area contributed by atoms with Crippen molar-refractivity contribution in [3.8, 4) is 0 Å². The molecule has 2 amide bonds. The molecule has 0 saturated carbocycles. The number of anilines is 1. The Morgan fingerprint density at radius 1 is 1.27 bits per heavy atom. The number of rotatable bonds is 7. The summed E-state index contributed by atoms with van der Waals surface area (Å²) in [6.07, 6.45) is 2.30. The zero-order chi connectivity index (χ0) is 20.1. The first-order chi connectivity index (χ1) is 11.9. The molecule has 0 fully saturated rings. The Balaban J connectivity index is 0.00000676. The SMILES string of the molecule is CC(C)CC(c1ccc(N)c(C=N)c1)C(C)(C)CNC(=O)NC(C)(C)C.[HH]. The number of nitrogens with two attached hydrogens (primary N) is 1. The van der Waals surface area contributed by atoms with Gasteiger partial charge in [-0.2, -0.15) is 0 Å². The van der Waals surface area contributed by atoms with Crippen LogP contribution in [-0.4, -0.2) is 24.3 Å². The largest absolute Gasteiger partial charge is 0.398 e. The van der Waals surface area contributed by atoms with Crippen LogP contribution in [0.3, 0.4) is 0 Å². The third-order valence-electron chi connectivity index (χ3n) is 4.51. The van der Waals surface area contributed by atoms with Gasteiger partial charge >= 0.3 is 6.03 Å². The van der Waals surface area contributed by atoms with E-state index in [9.17, 15) is 4.79 Å². The van der Waals surface area contributed by atoms with Crippen molar-refractivity contribution in [1.29, 1.82) is 5.41 Å². The highest BCUT2D eigenvalue weighted by Crippen LogP contribution is 2.40. The molecule has 0 aliphatic carbocycles. The van der Waals surface area contributed by atoms with Gasteiger partial charge in [-0.05, 0) is 62.1 Å². The van der Waals surface area contributed by atoms with Gasteiger partial charge in [0.1, 0.15) is 0 Å². The van der Waals surface area contributed by atoms with E-state index in [0.29, 0.717) is 18.2 Å². The van der Waals surface area contributed by atoms with E-state index in [-0.39, 0.29) is 24.3 Å². The van der Waals surface area contributed by atoms with Crippen LogP contribution in [0.2, 0.25) is 0 Å². The second-order valence-electron chi connectivity index (χ2n) is 9.26. The van der Waals surface area contributed by atoms with Crippen molar-refractivity contribution in [2.75, 3.05) is 12.3 Å². The van der Waals surface area contributed by atoms with E-state index >= 15 is 0 Å². The second-order valence-corrected chi connectivity index (χ2v) is 9.26. The van der Waals surface area contributed by atoms with Gasteiger partial charge in [-0.25, -0.2) is 4.79 Å². The zero-order valence-corrected chi connectivity index (χ0v) is 17.4. The lowest BCUT2D eigenvalue weighted by molar-refractivity contribution is 0.211.